The lowest BCUT2D eigenvalue weighted by atomic mass is 9.99. The second-order valence-electron chi connectivity index (χ2n) is 5.80. The summed E-state index contributed by atoms with van der Waals surface area (Å²) >= 11 is 0. The van der Waals surface area contributed by atoms with Crippen molar-refractivity contribution < 1.29 is 14.6 Å². The Morgan fingerprint density at radius 1 is 1.06 bits per heavy atom. The molecule has 0 fully saturated rings. The fourth-order valence-corrected chi connectivity index (χ4v) is 2.14. The van der Waals surface area contributed by atoms with E-state index >= 15 is 0 Å². The van der Waals surface area contributed by atoms with Gasteiger partial charge in [-0.2, -0.15) is 0 Å². The molecule has 0 aromatic rings. The smallest absolute Gasteiger partial charge is 0.410 e. The van der Waals surface area contributed by atoms with Crippen LogP contribution in [0.1, 0.15) is 48.0 Å². The molecule has 0 aliphatic rings. The van der Waals surface area contributed by atoms with Crippen LogP contribution in [0, 0.1) is 11.8 Å². The van der Waals surface area contributed by atoms with Gasteiger partial charge in [-0.3, -0.25) is 0 Å². The van der Waals surface area contributed by atoms with Crippen LogP contribution in [-0.4, -0.2) is 41.4 Å². The summed E-state index contributed by atoms with van der Waals surface area (Å²) in [6.07, 6.45) is 0.621. The van der Waals surface area contributed by atoms with E-state index in [0.717, 1.165) is 6.42 Å². The van der Waals surface area contributed by atoms with Gasteiger partial charge < -0.3 is 14.7 Å². The summed E-state index contributed by atoms with van der Waals surface area (Å²) in [5.41, 5.74) is 0. The number of aliphatic hydroxyl groups is 1. The molecular formula is C14H29NO3. The highest BCUT2D eigenvalue weighted by Gasteiger charge is 2.22. The first-order valence-corrected chi connectivity index (χ1v) is 6.85. The zero-order valence-corrected chi connectivity index (χ0v) is 12.6. The molecule has 108 valence electrons. The third kappa shape index (κ3) is 6.24. The van der Waals surface area contributed by atoms with E-state index in [-0.39, 0.29) is 36.6 Å². The largest absolute Gasteiger partial charge is 0.449 e. The highest BCUT2D eigenvalue weighted by Crippen LogP contribution is 2.13. The molecule has 0 aromatic heterocycles. The van der Waals surface area contributed by atoms with E-state index in [1.165, 1.54) is 0 Å². The lowest BCUT2D eigenvalue weighted by Crippen LogP contribution is -2.42. The molecular weight excluding hydrogens is 230 g/mol. The number of carbonyl (C=O) groups is 1. The molecule has 2 atom stereocenters. The van der Waals surface area contributed by atoms with Crippen LogP contribution in [0.25, 0.3) is 0 Å². The fraction of sp³-hybridized carbons (Fsp3) is 0.929. The number of rotatable bonds is 7. The zero-order valence-electron chi connectivity index (χ0n) is 12.6. The molecule has 0 heterocycles. The molecule has 0 aliphatic carbocycles. The normalized spacial score (nSPS) is 14.7. The molecule has 0 unspecified atom stereocenters. The average Bonchev–Trinajstić information content (AvgIpc) is 2.25. The van der Waals surface area contributed by atoms with Gasteiger partial charge in [-0.15, -0.1) is 0 Å². The Morgan fingerprint density at radius 3 is 1.94 bits per heavy atom. The number of aliphatic hydroxyl groups excluding tert-OH is 1. The Kier molecular flexibility index (Phi) is 8.00. The number of hydrogen-bond acceptors (Lipinski definition) is 3. The topological polar surface area (TPSA) is 49.8 Å². The van der Waals surface area contributed by atoms with Crippen LogP contribution in [0.15, 0.2) is 0 Å². The molecule has 0 saturated carbocycles. The Bertz CT molecular complexity index is 233. The van der Waals surface area contributed by atoms with Crippen molar-refractivity contribution in [1.29, 1.82) is 0 Å². The van der Waals surface area contributed by atoms with Crippen LogP contribution in [0.3, 0.4) is 0 Å². The summed E-state index contributed by atoms with van der Waals surface area (Å²) in [5, 5.41) is 8.98. The van der Waals surface area contributed by atoms with Gasteiger partial charge in [0.2, 0.25) is 0 Å². The standard InChI is InChI=1S/C14H29NO3/c1-10(2)15(11(3)4)14(17)18-9-13(6)7-12(5)8-16/h10-13,16H,7-9H2,1-6H3/t12-,13+/m0/s1. The molecule has 18 heavy (non-hydrogen) atoms. The van der Waals surface area contributed by atoms with Crippen molar-refractivity contribution in [2.24, 2.45) is 11.8 Å². The molecule has 0 radical (unpaired) electrons. The van der Waals surface area contributed by atoms with Crippen LogP contribution >= 0.6 is 0 Å². The first-order valence-electron chi connectivity index (χ1n) is 6.85. The second kappa shape index (κ2) is 8.35. The Labute approximate surface area is 111 Å². The summed E-state index contributed by atoms with van der Waals surface area (Å²) in [4.78, 5) is 13.7. The van der Waals surface area contributed by atoms with Crippen molar-refractivity contribution in [2.75, 3.05) is 13.2 Å². The van der Waals surface area contributed by atoms with Crippen LogP contribution in [-0.2, 0) is 4.74 Å². The maximum absolute atomic E-state index is 11.9. The summed E-state index contributed by atoms with van der Waals surface area (Å²) in [6, 6.07) is 0.286. The lowest BCUT2D eigenvalue weighted by Gasteiger charge is -2.30. The number of nitrogens with zero attached hydrogens (tertiary/aromatic N) is 1. The van der Waals surface area contributed by atoms with Gasteiger partial charge in [0, 0.05) is 18.7 Å². The maximum atomic E-state index is 11.9. The van der Waals surface area contributed by atoms with Crippen molar-refractivity contribution in [3.8, 4) is 0 Å². The molecule has 0 spiro atoms. The quantitative estimate of drug-likeness (QED) is 0.765. The SMILES string of the molecule is CC(C)N(C(=O)OC[C@H](C)C[C@H](C)CO)C(C)C. The lowest BCUT2D eigenvalue weighted by molar-refractivity contribution is 0.0646. The molecule has 0 bridgehead atoms. The van der Waals surface area contributed by atoms with E-state index in [4.69, 9.17) is 9.84 Å². The second-order valence-corrected chi connectivity index (χ2v) is 5.80. The highest BCUT2D eigenvalue weighted by molar-refractivity contribution is 5.68. The van der Waals surface area contributed by atoms with E-state index < -0.39 is 0 Å². The maximum Gasteiger partial charge on any atom is 0.410 e. The van der Waals surface area contributed by atoms with Crippen LogP contribution < -0.4 is 0 Å². The van der Waals surface area contributed by atoms with Crippen LogP contribution in [0.4, 0.5) is 4.79 Å². The van der Waals surface area contributed by atoms with Crippen molar-refractivity contribution >= 4 is 6.09 Å². The van der Waals surface area contributed by atoms with Crippen molar-refractivity contribution in [1.82, 2.24) is 4.90 Å². The third-order valence-corrected chi connectivity index (χ3v) is 2.93. The Morgan fingerprint density at radius 2 is 1.56 bits per heavy atom. The molecule has 1 N–H and O–H groups in total. The highest BCUT2D eigenvalue weighted by atomic mass is 16.6. The first kappa shape index (κ1) is 17.2. The minimum Gasteiger partial charge on any atom is -0.449 e. The van der Waals surface area contributed by atoms with E-state index in [2.05, 4.69) is 0 Å². The minimum atomic E-state index is -0.247. The van der Waals surface area contributed by atoms with Gasteiger partial charge in [0.05, 0.1) is 6.61 Å². The van der Waals surface area contributed by atoms with E-state index in [9.17, 15) is 4.79 Å². The van der Waals surface area contributed by atoms with Crippen molar-refractivity contribution in [2.45, 2.75) is 60.0 Å². The number of hydrogen-bond donors (Lipinski definition) is 1. The zero-order chi connectivity index (χ0) is 14.3. The predicted octanol–water partition coefficient (Wildman–Crippen LogP) is 2.90. The average molecular weight is 259 g/mol. The van der Waals surface area contributed by atoms with Crippen molar-refractivity contribution in [3.05, 3.63) is 0 Å². The van der Waals surface area contributed by atoms with E-state index in [0.29, 0.717) is 6.61 Å². The summed E-state index contributed by atoms with van der Waals surface area (Å²) in [5.74, 6) is 0.530. The van der Waals surface area contributed by atoms with Gasteiger partial charge in [0.1, 0.15) is 0 Å². The third-order valence-electron chi connectivity index (χ3n) is 2.93. The molecule has 4 heteroatoms. The van der Waals surface area contributed by atoms with E-state index in [1.807, 2.05) is 41.5 Å². The number of carbonyl (C=O) groups excluding carboxylic acids is 1. The molecule has 0 saturated heterocycles. The van der Waals surface area contributed by atoms with Gasteiger partial charge >= 0.3 is 6.09 Å². The molecule has 4 nitrogen and oxygen atoms in total. The van der Waals surface area contributed by atoms with Crippen LogP contribution in [0.5, 0.6) is 0 Å². The van der Waals surface area contributed by atoms with Gasteiger partial charge in [0.15, 0.2) is 0 Å². The molecule has 1 amide bonds. The summed E-state index contributed by atoms with van der Waals surface area (Å²) < 4.78 is 5.34. The fourth-order valence-electron chi connectivity index (χ4n) is 2.14. The number of amides is 1. The number of ether oxygens (including phenoxy) is 1. The first-order chi connectivity index (χ1) is 8.29. The molecule has 0 aromatic carbocycles. The van der Waals surface area contributed by atoms with Gasteiger partial charge in [-0.1, -0.05) is 13.8 Å². The van der Waals surface area contributed by atoms with E-state index in [1.54, 1.807) is 4.90 Å². The van der Waals surface area contributed by atoms with Gasteiger partial charge in [-0.25, -0.2) is 4.79 Å². The monoisotopic (exact) mass is 259 g/mol. The summed E-state index contributed by atoms with van der Waals surface area (Å²) in [7, 11) is 0. The molecule has 0 aliphatic heterocycles. The van der Waals surface area contributed by atoms with Crippen molar-refractivity contribution in [3.63, 3.8) is 0 Å². The van der Waals surface area contributed by atoms with Crippen LogP contribution in [0.2, 0.25) is 0 Å². The Balaban J connectivity index is 4.15. The van der Waals surface area contributed by atoms with Gasteiger partial charge in [0.25, 0.3) is 0 Å². The molecule has 0 rings (SSSR count). The predicted molar refractivity (Wildman–Crippen MR) is 73.5 cm³/mol. The minimum absolute atomic E-state index is 0.143. The summed E-state index contributed by atoms with van der Waals surface area (Å²) in [6.45, 7) is 12.6. The Hall–Kier alpha value is -0.770. The van der Waals surface area contributed by atoms with Gasteiger partial charge in [-0.05, 0) is 46.0 Å².